The molecule has 1 aliphatic heterocycles. The Bertz CT molecular complexity index is 464. The first-order chi connectivity index (χ1) is 9.06. The quantitative estimate of drug-likeness (QED) is 0.847. The smallest absolute Gasteiger partial charge is 0.328 e. The summed E-state index contributed by atoms with van der Waals surface area (Å²) < 4.78 is 0. The number of anilines is 1. The SMILES string of the molecule is CC1CCN(c2ccc(/C=C/C(=O)O)cc2)CC1C. The van der Waals surface area contributed by atoms with E-state index in [0.717, 1.165) is 30.5 Å². The average molecular weight is 259 g/mol. The summed E-state index contributed by atoms with van der Waals surface area (Å²) in [4.78, 5) is 12.9. The topological polar surface area (TPSA) is 40.5 Å². The highest BCUT2D eigenvalue weighted by Crippen LogP contribution is 2.27. The highest BCUT2D eigenvalue weighted by Gasteiger charge is 2.22. The van der Waals surface area contributed by atoms with E-state index >= 15 is 0 Å². The van der Waals surface area contributed by atoms with E-state index in [-0.39, 0.29) is 0 Å². The molecule has 2 unspecified atom stereocenters. The minimum atomic E-state index is -0.914. The van der Waals surface area contributed by atoms with Crippen LogP contribution >= 0.6 is 0 Å². The van der Waals surface area contributed by atoms with E-state index in [9.17, 15) is 4.79 Å². The lowest BCUT2D eigenvalue weighted by molar-refractivity contribution is -0.131. The van der Waals surface area contributed by atoms with Gasteiger partial charge in [-0.1, -0.05) is 26.0 Å². The van der Waals surface area contributed by atoms with E-state index in [2.05, 4.69) is 30.9 Å². The number of carboxylic acids is 1. The summed E-state index contributed by atoms with van der Waals surface area (Å²) in [5, 5.41) is 8.59. The van der Waals surface area contributed by atoms with Crippen LogP contribution in [0.25, 0.3) is 6.08 Å². The lowest BCUT2D eigenvalue weighted by Crippen LogP contribution is -2.38. The summed E-state index contributed by atoms with van der Waals surface area (Å²) in [6, 6.07) is 8.09. The van der Waals surface area contributed by atoms with Gasteiger partial charge in [0.05, 0.1) is 0 Å². The van der Waals surface area contributed by atoms with Crippen molar-refractivity contribution in [2.75, 3.05) is 18.0 Å². The number of benzene rings is 1. The van der Waals surface area contributed by atoms with Gasteiger partial charge in [0.25, 0.3) is 0 Å². The van der Waals surface area contributed by atoms with Crippen molar-refractivity contribution >= 4 is 17.7 Å². The molecule has 1 aliphatic rings. The van der Waals surface area contributed by atoms with Crippen molar-refractivity contribution in [3.8, 4) is 0 Å². The van der Waals surface area contributed by atoms with Crippen molar-refractivity contribution in [1.82, 2.24) is 0 Å². The van der Waals surface area contributed by atoms with Gasteiger partial charge in [0.2, 0.25) is 0 Å². The molecule has 0 spiro atoms. The van der Waals surface area contributed by atoms with Gasteiger partial charge < -0.3 is 10.0 Å². The van der Waals surface area contributed by atoms with E-state index in [0.29, 0.717) is 0 Å². The molecule has 1 fully saturated rings. The summed E-state index contributed by atoms with van der Waals surface area (Å²) in [5.74, 6) is 0.609. The maximum atomic E-state index is 10.5. The Morgan fingerprint density at radius 2 is 1.95 bits per heavy atom. The number of carboxylic acid groups (broad SMARTS) is 1. The second kappa shape index (κ2) is 5.91. The largest absolute Gasteiger partial charge is 0.478 e. The zero-order chi connectivity index (χ0) is 13.8. The zero-order valence-electron chi connectivity index (χ0n) is 11.5. The molecule has 1 aromatic rings. The summed E-state index contributed by atoms with van der Waals surface area (Å²) in [6.07, 6.45) is 4.02. The van der Waals surface area contributed by atoms with E-state index in [1.54, 1.807) is 6.08 Å². The van der Waals surface area contributed by atoms with Crippen molar-refractivity contribution < 1.29 is 9.90 Å². The van der Waals surface area contributed by atoms with Gasteiger partial charge >= 0.3 is 5.97 Å². The number of hydrogen-bond acceptors (Lipinski definition) is 2. The molecule has 0 aromatic heterocycles. The third kappa shape index (κ3) is 3.60. The zero-order valence-corrected chi connectivity index (χ0v) is 11.5. The van der Waals surface area contributed by atoms with Crippen molar-refractivity contribution in [1.29, 1.82) is 0 Å². The van der Waals surface area contributed by atoms with Crippen LogP contribution in [0.2, 0.25) is 0 Å². The van der Waals surface area contributed by atoms with Crippen LogP contribution in [-0.4, -0.2) is 24.2 Å². The van der Waals surface area contributed by atoms with Gasteiger partial charge in [0, 0.05) is 24.9 Å². The normalized spacial score (nSPS) is 23.8. The van der Waals surface area contributed by atoms with Gasteiger partial charge in [0.15, 0.2) is 0 Å². The molecule has 102 valence electrons. The van der Waals surface area contributed by atoms with E-state index in [1.807, 2.05) is 12.1 Å². The van der Waals surface area contributed by atoms with Gasteiger partial charge in [-0.05, 0) is 42.0 Å². The predicted molar refractivity (Wildman–Crippen MR) is 78.3 cm³/mol. The third-order valence-corrected chi connectivity index (χ3v) is 4.01. The maximum absolute atomic E-state index is 10.5. The Hall–Kier alpha value is -1.77. The molecule has 0 saturated carbocycles. The third-order valence-electron chi connectivity index (χ3n) is 4.01. The minimum absolute atomic E-state index is 0.723. The van der Waals surface area contributed by atoms with Crippen LogP contribution in [0.1, 0.15) is 25.8 Å². The van der Waals surface area contributed by atoms with Gasteiger partial charge in [-0.2, -0.15) is 0 Å². The van der Waals surface area contributed by atoms with Crippen LogP contribution in [0, 0.1) is 11.8 Å². The fourth-order valence-corrected chi connectivity index (χ4v) is 2.46. The van der Waals surface area contributed by atoms with Crippen LogP contribution in [0.3, 0.4) is 0 Å². The summed E-state index contributed by atoms with van der Waals surface area (Å²) in [7, 11) is 0. The standard InChI is InChI=1S/C16H21NO2/c1-12-9-10-17(11-13(12)2)15-6-3-14(4-7-15)5-8-16(18)19/h3-8,12-13H,9-11H2,1-2H3,(H,18,19)/b8-5+. The molecule has 1 saturated heterocycles. The first kappa shape index (κ1) is 13.7. The molecule has 1 N–H and O–H groups in total. The summed E-state index contributed by atoms with van der Waals surface area (Å²) >= 11 is 0. The first-order valence-corrected chi connectivity index (χ1v) is 6.82. The van der Waals surface area contributed by atoms with E-state index in [1.165, 1.54) is 18.2 Å². The number of rotatable bonds is 3. The van der Waals surface area contributed by atoms with E-state index < -0.39 is 5.97 Å². The number of nitrogens with zero attached hydrogens (tertiary/aromatic N) is 1. The fourth-order valence-electron chi connectivity index (χ4n) is 2.46. The van der Waals surface area contributed by atoms with Crippen LogP contribution in [0.4, 0.5) is 5.69 Å². The Morgan fingerprint density at radius 3 is 2.53 bits per heavy atom. The first-order valence-electron chi connectivity index (χ1n) is 6.82. The molecule has 0 aliphatic carbocycles. The molecule has 0 radical (unpaired) electrons. The molecule has 1 heterocycles. The second-order valence-electron chi connectivity index (χ2n) is 5.45. The van der Waals surface area contributed by atoms with Crippen LogP contribution in [0.5, 0.6) is 0 Å². The molecular formula is C16H21NO2. The average Bonchev–Trinajstić information content (AvgIpc) is 2.40. The molecular weight excluding hydrogens is 238 g/mol. The van der Waals surface area contributed by atoms with Gasteiger partial charge in [-0.15, -0.1) is 0 Å². The molecule has 3 nitrogen and oxygen atoms in total. The van der Waals surface area contributed by atoms with E-state index in [4.69, 9.17) is 5.11 Å². The second-order valence-corrected chi connectivity index (χ2v) is 5.45. The number of aliphatic carboxylic acids is 1. The predicted octanol–water partition coefficient (Wildman–Crippen LogP) is 3.27. The fraction of sp³-hybridized carbons (Fsp3) is 0.438. The lowest BCUT2D eigenvalue weighted by atomic mass is 9.88. The Morgan fingerprint density at radius 1 is 1.26 bits per heavy atom. The highest BCUT2D eigenvalue weighted by atomic mass is 16.4. The van der Waals surface area contributed by atoms with Crippen molar-refractivity contribution in [2.45, 2.75) is 20.3 Å². The van der Waals surface area contributed by atoms with Crippen LogP contribution in [0.15, 0.2) is 30.3 Å². The molecule has 19 heavy (non-hydrogen) atoms. The number of hydrogen-bond donors (Lipinski definition) is 1. The summed E-state index contributed by atoms with van der Waals surface area (Å²) in [6.45, 7) is 6.84. The highest BCUT2D eigenvalue weighted by molar-refractivity contribution is 5.85. The van der Waals surface area contributed by atoms with Crippen molar-refractivity contribution in [2.24, 2.45) is 11.8 Å². The van der Waals surface area contributed by atoms with Crippen LogP contribution < -0.4 is 4.90 Å². The lowest BCUT2D eigenvalue weighted by Gasteiger charge is -2.36. The molecule has 1 aromatic carbocycles. The summed E-state index contributed by atoms with van der Waals surface area (Å²) in [5.41, 5.74) is 2.15. The number of carbonyl (C=O) groups is 1. The minimum Gasteiger partial charge on any atom is -0.478 e. The monoisotopic (exact) mass is 259 g/mol. The molecule has 2 atom stereocenters. The molecule has 0 amide bonds. The van der Waals surface area contributed by atoms with Gasteiger partial charge in [0.1, 0.15) is 0 Å². The maximum Gasteiger partial charge on any atom is 0.328 e. The Kier molecular flexibility index (Phi) is 4.25. The van der Waals surface area contributed by atoms with Crippen molar-refractivity contribution in [3.63, 3.8) is 0 Å². The van der Waals surface area contributed by atoms with Gasteiger partial charge in [-0.25, -0.2) is 4.79 Å². The molecule has 2 rings (SSSR count). The van der Waals surface area contributed by atoms with Crippen molar-refractivity contribution in [3.05, 3.63) is 35.9 Å². The number of piperidine rings is 1. The Balaban J connectivity index is 2.04. The van der Waals surface area contributed by atoms with Crippen LogP contribution in [-0.2, 0) is 4.79 Å². The Labute approximate surface area is 114 Å². The molecule has 0 bridgehead atoms. The van der Waals surface area contributed by atoms with Gasteiger partial charge in [-0.3, -0.25) is 0 Å². The molecule has 3 heteroatoms.